The van der Waals surface area contributed by atoms with Crippen LogP contribution < -0.4 is 19.9 Å². The van der Waals surface area contributed by atoms with Gasteiger partial charge in [-0.05, 0) is 31.5 Å². The summed E-state index contributed by atoms with van der Waals surface area (Å²) < 4.78 is 6.00. The van der Waals surface area contributed by atoms with E-state index in [0.717, 1.165) is 38.5 Å². The number of likely N-dealkylation sites (N-methyl/N-ethyl adjacent to an activating group) is 1. The number of hydrogen-bond acceptors (Lipinski definition) is 4. The largest absolute Gasteiger partial charge is 0.486 e. The maximum absolute atomic E-state index is 6.00. The van der Waals surface area contributed by atoms with E-state index in [-0.39, 0.29) is 6.10 Å². The first-order valence-electron chi connectivity index (χ1n) is 7.13. The summed E-state index contributed by atoms with van der Waals surface area (Å²) in [7, 11) is 2.15. The Kier molecular flexibility index (Phi) is 3.27. The van der Waals surface area contributed by atoms with Gasteiger partial charge in [0.15, 0.2) is 0 Å². The number of nitrogens with zero attached hydrogens (tertiary/aromatic N) is 2. The summed E-state index contributed by atoms with van der Waals surface area (Å²) in [6, 6.07) is 4.54. The molecule has 0 spiro atoms. The molecule has 0 radical (unpaired) electrons. The minimum absolute atomic E-state index is 0.265. The normalized spacial score (nSPS) is 23.0. The van der Waals surface area contributed by atoms with Gasteiger partial charge in [-0.25, -0.2) is 0 Å². The highest BCUT2D eigenvalue weighted by molar-refractivity contribution is 5.70. The SMILES string of the molecule is Cc1cc(N2CCNCC2)cc2c1OC(C)CN2C. The summed E-state index contributed by atoms with van der Waals surface area (Å²) in [6.45, 7) is 9.54. The highest BCUT2D eigenvalue weighted by atomic mass is 16.5. The minimum atomic E-state index is 0.265. The number of aryl methyl sites for hydroxylation is 1. The third-order valence-corrected chi connectivity index (χ3v) is 3.98. The van der Waals surface area contributed by atoms with Gasteiger partial charge in [0.05, 0.1) is 12.2 Å². The topological polar surface area (TPSA) is 27.7 Å². The lowest BCUT2D eigenvalue weighted by atomic mass is 10.1. The number of benzene rings is 1. The van der Waals surface area contributed by atoms with Crippen LogP contribution in [-0.4, -0.2) is 45.9 Å². The van der Waals surface area contributed by atoms with E-state index >= 15 is 0 Å². The van der Waals surface area contributed by atoms with Crippen molar-refractivity contribution in [1.29, 1.82) is 0 Å². The molecule has 1 N–H and O–H groups in total. The summed E-state index contributed by atoms with van der Waals surface area (Å²) in [6.07, 6.45) is 0.265. The number of rotatable bonds is 1. The van der Waals surface area contributed by atoms with Gasteiger partial charge < -0.3 is 19.9 Å². The van der Waals surface area contributed by atoms with Gasteiger partial charge in [0, 0.05) is 38.9 Å². The fraction of sp³-hybridized carbons (Fsp3) is 0.600. The van der Waals surface area contributed by atoms with Crippen molar-refractivity contribution in [2.24, 2.45) is 0 Å². The van der Waals surface area contributed by atoms with Crippen LogP contribution in [0.15, 0.2) is 12.1 Å². The Morgan fingerprint density at radius 3 is 2.74 bits per heavy atom. The van der Waals surface area contributed by atoms with E-state index in [1.165, 1.54) is 16.9 Å². The van der Waals surface area contributed by atoms with Gasteiger partial charge in [0.25, 0.3) is 0 Å². The average molecular weight is 261 g/mol. The lowest BCUT2D eigenvalue weighted by Crippen LogP contribution is -2.43. The molecule has 1 fully saturated rings. The third kappa shape index (κ3) is 2.37. The average Bonchev–Trinajstić information content (AvgIpc) is 2.41. The van der Waals surface area contributed by atoms with Crippen molar-refractivity contribution < 1.29 is 4.74 Å². The van der Waals surface area contributed by atoms with E-state index in [9.17, 15) is 0 Å². The van der Waals surface area contributed by atoms with Crippen molar-refractivity contribution in [2.75, 3.05) is 49.6 Å². The molecule has 1 atom stereocenters. The highest BCUT2D eigenvalue weighted by Gasteiger charge is 2.24. The first kappa shape index (κ1) is 12.6. The Hall–Kier alpha value is -1.42. The summed E-state index contributed by atoms with van der Waals surface area (Å²) in [5.74, 6) is 1.06. The molecule has 0 saturated carbocycles. The molecule has 0 bridgehead atoms. The summed E-state index contributed by atoms with van der Waals surface area (Å²) >= 11 is 0. The zero-order chi connectivity index (χ0) is 13.4. The van der Waals surface area contributed by atoms with Crippen LogP contribution in [0.3, 0.4) is 0 Å². The van der Waals surface area contributed by atoms with Gasteiger partial charge >= 0.3 is 0 Å². The first-order valence-corrected chi connectivity index (χ1v) is 7.13. The molecular formula is C15H23N3O. The molecule has 1 aromatic carbocycles. The van der Waals surface area contributed by atoms with E-state index in [2.05, 4.69) is 48.1 Å². The lowest BCUT2D eigenvalue weighted by Gasteiger charge is -2.36. The van der Waals surface area contributed by atoms with E-state index in [0.29, 0.717) is 0 Å². The molecule has 4 heteroatoms. The molecule has 19 heavy (non-hydrogen) atoms. The third-order valence-electron chi connectivity index (χ3n) is 3.98. The first-order chi connectivity index (χ1) is 9.15. The summed E-state index contributed by atoms with van der Waals surface area (Å²) in [4.78, 5) is 4.76. The molecule has 1 unspecified atom stereocenters. The predicted octanol–water partition coefficient (Wildman–Crippen LogP) is 1.62. The minimum Gasteiger partial charge on any atom is -0.486 e. The number of nitrogens with one attached hydrogen (secondary N) is 1. The van der Waals surface area contributed by atoms with Crippen LogP contribution in [-0.2, 0) is 0 Å². The van der Waals surface area contributed by atoms with Gasteiger partial charge in [-0.2, -0.15) is 0 Å². The van der Waals surface area contributed by atoms with Crippen LogP contribution in [0, 0.1) is 6.92 Å². The van der Waals surface area contributed by atoms with Crippen molar-refractivity contribution in [1.82, 2.24) is 5.32 Å². The molecule has 2 aliphatic heterocycles. The second-order valence-corrected chi connectivity index (χ2v) is 5.66. The van der Waals surface area contributed by atoms with Crippen molar-refractivity contribution >= 4 is 11.4 Å². The second-order valence-electron chi connectivity index (χ2n) is 5.66. The summed E-state index contributed by atoms with van der Waals surface area (Å²) in [5, 5.41) is 3.40. The van der Waals surface area contributed by atoms with Crippen molar-refractivity contribution in [3.05, 3.63) is 17.7 Å². The maximum atomic E-state index is 6.00. The van der Waals surface area contributed by atoms with E-state index in [4.69, 9.17) is 4.74 Å². The smallest absolute Gasteiger partial charge is 0.146 e. The predicted molar refractivity (Wildman–Crippen MR) is 79.6 cm³/mol. The molecule has 0 aromatic heterocycles. The van der Waals surface area contributed by atoms with Crippen molar-refractivity contribution in [3.8, 4) is 5.75 Å². The van der Waals surface area contributed by atoms with Crippen LogP contribution >= 0.6 is 0 Å². The van der Waals surface area contributed by atoms with Crippen LogP contribution in [0.2, 0.25) is 0 Å². The van der Waals surface area contributed by atoms with Crippen molar-refractivity contribution in [2.45, 2.75) is 20.0 Å². The zero-order valence-electron chi connectivity index (χ0n) is 12.1. The van der Waals surface area contributed by atoms with E-state index < -0.39 is 0 Å². The Labute approximate surface area is 115 Å². The standard InChI is InChI=1S/C15H23N3O/c1-11-8-13(18-6-4-16-5-7-18)9-14-15(11)19-12(2)10-17(14)3/h8-9,12,16H,4-7,10H2,1-3H3. The Balaban J connectivity index is 1.96. The molecule has 0 amide bonds. The van der Waals surface area contributed by atoms with Crippen LogP contribution in [0.25, 0.3) is 0 Å². The van der Waals surface area contributed by atoms with E-state index in [1.54, 1.807) is 0 Å². The highest BCUT2D eigenvalue weighted by Crippen LogP contribution is 2.39. The fourth-order valence-corrected chi connectivity index (χ4v) is 3.00. The fourth-order valence-electron chi connectivity index (χ4n) is 3.00. The van der Waals surface area contributed by atoms with Crippen LogP contribution in [0.1, 0.15) is 12.5 Å². The van der Waals surface area contributed by atoms with Crippen LogP contribution in [0.5, 0.6) is 5.75 Å². The van der Waals surface area contributed by atoms with Gasteiger partial charge in [-0.1, -0.05) is 0 Å². The van der Waals surface area contributed by atoms with Crippen LogP contribution in [0.4, 0.5) is 11.4 Å². The molecule has 2 heterocycles. The molecule has 0 aliphatic carbocycles. The van der Waals surface area contributed by atoms with Crippen molar-refractivity contribution in [3.63, 3.8) is 0 Å². The zero-order valence-corrected chi connectivity index (χ0v) is 12.1. The monoisotopic (exact) mass is 261 g/mol. The molecule has 1 aromatic rings. The van der Waals surface area contributed by atoms with Gasteiger partial charge in [-0.15, -0.1) is 0 Å². The quantitative estimate of drug-likeness (QED) is 0.831. The number of fused-ring (bicyclic) bond motifs is 1. The van der Waals surface area contributed by atoms with Gasteiger partial charge in [-0.3, -0.25) is 0 Å². The second kappa shape index (κ2) is 4.93. The molecule has 2 aliphatic rings. The maximum Gasteiger partial charge on any atom is 0.146 e. The lowest BCUT2D eigenvalue weighted by molar-refractivity contribution is 0.214. The Morgan fingerprint density at radius 1 is 1.26 bits per heavy atom. The van der Waals surface area contributed by atoms with Gasteiger partial charge in [0.2, 0.25) is 0 Å². The van der Waals surface area contributed by atoms with Gasteiger partial charge in [0.1, 0.15) is 11.9 Å². The Morgan fingerprint density at radius 2 is 2.00 bits per heavy atom. The number of ether oxygens (including phenoxy) is 1. The number of piperazine rings is 1. The van der Waals surface area contributed by atoms with E-state index in [1.807, 2.05) is 0 Å². The molecular weight excluding hydrogens is 238 g/mol. The Bertz CT molecular complexity index is 469. The molecule has 3 rings (SSSR count). The molecule has 1 saturated heterocycles. The number of anilines is 2. The molecule has 104 valence electrons. The molecule has 4 nitrogen and oxygen atoms in total. The summed E-state index contributed by atoms with van der Waals surface area (Å²) in [5.41, 5.74) is 3.79. The number of hydrogen-bond donors (Lipinski definition) is 1.